The summed E-state index contributed by atoms with van der Waals surface area (Å²) in [6.07, 6.45) is 0. The highest BCUT2D eigenvalue weighted by Gasteiger charge is 2.27. The van der Waals surface area contributed by atoms with Crippen LogP contribution in [0.15, 0.2) is 215 Å². The van der Waals surface area contributed by atoms with Gasteiger partial charge in [-0.1, -0.05) is 202 Å². The van der Waals surface area contributed by atoms with E-state index in [1.807, 2.05) is 0 Å². The summed E-state index contributed by atoms with van der Waals surface area (Å²) in [7, 11) is 0. The molecule has 0 aromatic heterocycles. The van der Waals surface area contributed by atoms with E-state index in [0.717, 1.165) is 8.95 Å². The van der Waals surface area contributed by atoms with Crippen molar-refractivity contribution < 1.29 is 0 Å². The summed E-state index contributed by atoms with van der Waals surface area (Å²) in [6, 6.07) is 75.4. The Morgan fingerprint density at radius 2 is 0.500 bits per heavy atom. The van der Waals surface area contributed by atoms with Crippen LogP contribution in [0.2, 0.25) is 0 Å². The minimum atomic E-state index is 1.05. The van der Waals surface area contributed by atoms with E-state index >= 15 is 0 Å². The van der Waals surface area contributed by atoms with Crippen LogP contribution in [-0.4, -0.2) is 0 Å². The second-order valence-corrected chi connectivity index (χ2v) is 16.1. The van der Waals surface area contributed by atoms with Gasteiger partial charge in [-0.15, -0.1) is 0 Å². The fraction of sp³-hybridized carbons (Fsp3) is 0. The molecule has 0 fully saturated rings. The van der Waals surface area contributed by atoms with Gasteiger partial charge in [-0.25, -0.2) is 0 Å². The zero-order valence-electron chi connectivity index (χ0n) is 30.4. The van der Waals surface area contributed by atoms with Gasteiger partial charge in [0.1, 0.15) is 0 Å². The van der Waals surface area contributed by atoms with E-state index in [-0.39, 0.29) is 0 Å². The first-order valence-electron chi connectivity index (χ1n) is 18.9. The van der Waals surface area contributed by atoms with Gasteiger partial charge in [-0.3, -0.25) is 0 Å². The van der Waals surface area contributed by atoms with E-state index in [4.69, 9.17) is 0 Å². The SMILES string of the molecule is Brc1ccc(-c2c(-c3ccccc3)c(-c3ccccc3)c(-c3ccc(Br)cc3)c3c4cc(-c5ccccc5)ccc4c4ccc(-c5ccccc5)cc4c23)cc1. The van der Waals surface area contributed by atoms with Gasteiger partial charge in [0.15, 0.2) is 0 Å². The van der Waals surface area contributed by atoms with E-state index in [9.17, 15) is 0 Å². The first-order chi connectivity index (χ1) is 27.6. The molecular weight excluding hydrogens is 808 g/mol. The van der Waals surface area contributed by atoms with Gasteiger partial charge in [0.05, 0.1) is 0 Å². The fourth-order valence-electron chi connectivity index (χ4n) is 8.48. The molecule has 10 rings (SSSR count). The lowest BCUT2D eigenvalue weighted by atomic mass is 9.76. The molecule has 2 heteroatoms. The van der Waals surface area contributed by atoms with Crippen molar-refractivity contribution in [2.24, 2.45) is 0 Å². The number of rotatable bonds is 6. The van der Waals surface area contributed by atoms with E-state index in [1.54, 1.807) is 0 Å². The smallest absolute Gasteiger partial charge is 0.0175 e. The van der Waals surface area contributed by atoms with Crippen molar-refractivity contribution in [3.63, 3.8) is 0 Å². The molecule has 10 aromatic rings. The molecule has 0 aliphatic rings. The largest absolute Gasteiger partial charge is 0.0622 e. The third-order valence-corrected chi connectivity index (χ3v) is 12.0. The molecule has 0 N–H and O–H groups in total. The molecule has 0 saturated carbocycles. The summed E-state index contributed by atoms with van der Waals surface area (Å²) in [6.45, 7) is 0. The second kappa shape index (κ2) is 14.5. The lowest BCUT2D eigenvalue weighted by Crippen LogP contribution is -1.99. The first-order valence-corrected chi connectivity index (χ1v) is 20.5. The average Bonchev–Trinajstić information content (AvgIpc) is 3.27. The van der Waals surface area contributed by atoms with Crippen LogP contribution in [0.4, 0.5) is 0 Å². The van der Waals surface area contributed by atoms with Gasteiger partial charge in [-0.2, -0.15) is 0 Å². The zero-order valence-corrected chi connectivity index (χ0v) is 33.6. The van der Waals surface area contributed by atoms with Crippen LogP contribution in [0.25, 0.3) is 99.1 Å². The summed E-state index contributed by atoms with van der Waals surface area (Å²) >= 11 is 7.53. The Morgan fingerprint density at radius 1 is 0.214 bits per heavy atom. The molecule has 0 atom stereocenters. The molecule has 0 aliphatic heterocycles. The Labute approximate surface area is 344 Å². The van der Waals surface area contributed by atoms with Gasteiger partial charge in [0.2, 0.25) is 0 Å². The maximum atomic E-state index is 3.76. The molecule has 10 aromatic carbocycles. The van der Waals surface area contributed by atoms with E-state index in [1.165, 1.54) is 99.1 Å². The number of hydrogen-bond acceptors (Lipinski definition) is 0. The van der Waals surface area contributed by atoms with Crippen molar-refractivity contribution in [2.45, 2.75) is 0 Å². The van der Waals surface area contributed by atoms with Crippen LogP contribution in [0.1, 0.15) is 0 Å². The number of fused-ring (bicyclic) bond motifs is 6. The van der Waals surface area contributed by atoms with Gasteiger partial charge < -0.3 is 0 Å². The third-order valence-electron chi connectivity index (χ3n) is 11.0. The molecule has 0 radical (unpaired) electrons. The minimum absolute atomic E-state index is 1.05. The molecule has 0 nitrogen and oxygen atoms in total. The Bertz CT molecular complexity index is 2820. The van der Waals surface area contributed by atoms with Crippen molar-refractivity contribution >= 4 is 64.2 Å². The maximum Gasteiger partial charge on any atom is 0.0175 e. The van der Waals surface area contributed by atoms with Crippen LogP contribution in [0.5, 0.6) is 0 Å². The normalized spacial score (nSPS) is 11.4. The van der Waals surface area contributed by atoms with Gasteiger partial charge >= 0.3 is 0 Å². The summed E-state index contributed by atoms with van der Waals surface area (Å²) in [5.74, 6) is 0. The monoisotopic (exact) mass is 840 g/mol. The van der Waals surface area contributed by atoms with E-state index < -0.39 is 0 Å². The quantitative estimate of drug-likeness (QED) is 0.146. The van der Waals surface area contributed by atoms with Crippen molar-refractivity contribution in [3.8, 4) is 66.8 Å². The highest BCUT2D eigenvalue weighted by atomic mass is 79.9. The topological polar surface area (TPSA) is 0 Å². The number of halogens is 2. The lowest BCUT2D eigenvalue weighted by molar-refractivity contribution is 1.56. The first kappa shape index (κ1) is 34.4. The van der Waals surface area contributed by atoms with Gasteiger partial charge in [0.25, 0.3) is 0 Å². The molecule has 0 saturated heterocycles. The van der Waals surface area contributed by atoms with Gasteiger partial charge in [-0.05, 0) is 135 Å². The van der Waals surface area contributed by atoms with Crippen molar-refractivity contribution in [1.29, 1.82) is 0 Å². The summed E-state index contributed by atoms with van der Waals surface area (Å²) in [4.78, 5) is 0. The van der Waals surface area contributed by atoms with Crippen molar-refractivity contribution in [1.82, 2.24) is 0 Å². The van der Waals surface area contributed by atoms with Gasteiger partial charge in [0, 0.05) is 8.95 Å². The predicted octanol–water partition coefficient (Wildman–Crippen LogP) is 16.7. The molecule has 0 aliphatic carbocycles. The zero-order chi connectivity index (χ0) is 37.6. The summed E-state index contributed by atoms with van der Waals surface area (Å²) in [5.41, 5.74) is 14.4. The predicted molar refractivity (Wildman–Crippen MR) is 247 cm³/mol. The van der Waals surface area contributed by atoms with E-state index in [0.29, 0.717) is 0 Å². The van der Waals surface area contributed by atoms with Crippen LogP contribution in [-0.2, 0) is 0 Å². The fourth-order valence-corrected chi connectivity index (χ4v) is 9.01. The third kappa shape index (κ3) is 6.07. The van der Waals surface area contributed by atoms with Crippen LogP contribution < -0.4 is 0 Å². The lowest BCUT2D eigenvalue weighted by Gasteiger charge is -2.27. The highest BCUT2D eigenvalue weighted by molar-refractivity contribution is 9.10. The van der Waals surface area contributed by atoms with Crippen LogP contribution in [0, 0.1) is 0 Å². The molecule has 56 heavy (non-hydrogen) atoms. The van der Waals surface area contributed by atoms with E-state index in [2.05, 4.69) is 238 Å². The Kier molecular flexibility index (Phi) is 8.94. The molecular formula is C54H34Br2. The van der Waals surface area contributed by atoms with Crippen LogP contribution >= 0.6 is 31.9 Å². The number of benzene rings is 10. The Balaban J connectivity index is 1.54. The molecule has 0 unspecified atom stereocenters. The average molecular weight is 843 g/mol. The standard InChI is InChI=1S/C54H34Br2/c55-43-27-21-39(22-28-43)51-49(37-17-9-3-10-18-37)50(38-19-11-4-12-20-38)52(40-23-29-44(56)30-24-40)54-48-34-42(36-15-7-2-8-16-36)26-32-46(48)45-31-25-41(33-47(45)53(51)54)35-13-5-1-6-14-35/h1-34H. The highest BCUT2D eigenvalue weighted by Crippen LogP contribution is 2.55. The Hall–Kier alpha value is -6.06. The summed E-state index contributed by atoms with van der Waals surface area (Å²) in [5, 5.41) is 7.42. The van der Waals surface area contributed by atoms with Crippen molar-refractivity contribution in [3.05, 3.63) is 215 Å². The minimum Gasteiger partial charge on any atom is -0.0622 e. The van der Waals surface area contributed by atoms with Crippen LogP contribution in [0.3, 0.4) is 0 Å². The Morgan fingerprint density at radius 3 is 0.839 bits per heavy atom. The second-order valence-electron chi connectivity index (χ2n) is 14.2. The molecule has 264 valence electrons. The maximum absolute atomic E-state index is 3.76. The molecule has 0 bridgehead atoms. The molecule has 0 spiro atoms. The van der Waals surface area contributed by atoms with Crippen molar-refractivity contribution in [2.75, 3.05) is 0 Å². The molecule has 0 heterocycles. The number of hydrogen-bond donors (Lipinski definition) is 0. The molecule has 0 amide bonds. The summed E-state index contributed by atoms with van der Waals surface area (Å²) < 4.78 is 2.10.